The first-order valence-corrected chi connectivity index (χ1v) is 13.4. The summed E-state index contributed by atoms with van der Waals surface area (Å²) >= 11 is 0. The summed E-state index contributed by atoms with van der Waals surface area (Å²) < 4.78 is 16.3. The van der Waals surface area contributed by atoms with Crippen LogP contribution in [0.1, 0.15) is 50.6 Å². The van der Waals surface area contributed by atoms with Crippen molar-refractivity contribution in [2.24, 2.45) is 7.05 Å². The van der Waals surface area contributed by atoms with E-state index >= 15 is 0 Å². The van der Waals surface area contributed by atoms with Crippen LogP contribution in [0.25, 0.3) is 34.2 Å². The van der Waals surface area contributed by atoms with Gasteiger partial charge in [-0.05, 0) is 63.5 Å². The van der Waals surface area contributed by atoms with Crippen LogP contribution in [0.15, 0.2) is 24.4 Å². The van der Waals surface area contributed by atoms with Gasteiger partial charge < -0.3 is 14.6 Å². The molecule has 1 atom stereocenters. The molecule has 4 heterocycles. The van der Waals surface area contributed by atoms with Crippen molar-refractivity contribution in [1.29, 1.82) is 0 Å². The fraction of sp³-hybridized carbons (Fsp3) is 0.464. The number of nitrogens with one attached hydrogen (secondary N) is 1. The van der Waals surface area contributed by atoms with E-state index in [1.165, 1.54) is 0 Å². The van der Waals surface area contributed by atoms with Crippen LogP contribution in [0.3, 0.4) is 0 Å². The number of aryl methyl sites for hydroxylation is 1. The first kappa shape index (κ1) is 24.7. The molecule has 0 amide bonds. The Morgan fingerprint density at radius 3 is 2.84 bits per heavy atom. The monoisotopic (exact) mass is 517 g/mol. The van der Waals surface area contributed by atoms with E-state index < -0.39 is 0 Å². The van der Waals surface area contributed by atoms with Crippen molar-refractivity contribution in [3.05, 3.63) is 41.3 Å². The highest BCUT2D eigenvalue weighted by atomic mass is 16.5. The number of hydrogen-bond acceptors (Lipinski definition) is 7. The van der Waals surface area contributed by atoms with E-state index in [1.54, 1.807) is 4.68 Å². The molecule has 1 aromatic carbocycles. The smallest absolute Gasteiger partial charge is 0.240 e. The molecule has 1 fully saturated rings. The van der Waals surface area contributed by atoms with E-state index in [0.717, 1.165) is 57.7 Å². The number of benzene rings is 1. The van der Waals surface area contributed by atoms with Crippen LogP contribution >= 0.6 is 0 Å². The van der Waals surface area contributed by atoms with Crippen molar-refractivity contribution in [3.8, 4) is 22.9 Å². The third kappa shape index (κ3) is 4.58. The second-order valence-corrected chi connectivity index (χ2v) is 10.5. The fourth-order valence-corrected chi connectivity index (χ4v) is 5.22. The molecule has 10 nitrogen and oxygen atoms in total. The molecule has 2 N–H and O–H groups in total. The second kappa shape index (κ2) is 9.92. The largest absolute Gasteiger partial charge is 0.476 e. The molecule has 2 aliphatic rings. The van der Waals surface area contributed by atoms with Gasteiger partial charge in [0.2, 0.25) is 11.8 Å². The maximum absolute atomic E-state index is 9.84. The molecular weight excluding hydrogens is 482 g/mol. The number of ether oxygens (including phenoxy) is 2. The standard InChI is InChI=1S/C28H35N7O3/c1-17(2)38-27-21-8-10-25-22-13-19(5-9-24(22)30-31-25)23-14-29-33(4)28(23)37-16-18(3)34(20-6-7-20)15-26(21)35(32-27)11-12-36/h5,8-10,13-14,17-18,20,36H,6-7,11-12,15-16H2,1-4H3,(H,30,31)/b10-8+/t18-/m0/s1. The van der Waals surface area contributed by atoms with Gasteiger partial charge in [-0.3, -0.25) is 14.7 Å². The van der Waals surface area contributed by atoms with E-state index in [1.807, 2.05) is 43.9 Å². The molecule has 10 heteroatoms. The Bertz CT molecular complexity index is 1480. The lowest BCUT2D eigenvalue weighted by Crippen LogP contribution is -2.39. The van der Waals surface area contributed by atoms with Gasteiger partial charge in [-0.2, -0.15) is 10.2 Å². The van der Waals surface area contributed by atoms with E-state index in [4.69, 9.17) is 14.6 Å². The number of nitrogens with zero attached hydrogens (tertiary/aromatic N) is 6. The van der Waals surface area contributed by atoms with Crippen molar-refractivity contribution >= 4 is 23.1 Å². The van der Waals surface area contributed by atoms with Crippen LogP contribution in [-0.2, 0) is 20.1 Å². The number of fused-ring (bicyclic) bond motifs is 4. The summed E-state index contributed by atoms with van der Waals surface area (Å²) in [6.45, 7) is 7.81. The molecule has 0 spiro atoms. The summed E-state index contributed by atoms with van der Waals surface area (Å²) in [5.41, 5.74) is 5.70. The molecule has 38 heavy (non-hydrogen) atoms. The van der Waals surface area contributed by atoms with Crippen molar-refractivity contribution in [2.75, 3.05) is 13.2 Å². The van der Waals surface area contributed by atoms with E-state index in [2.05, 4.69) is 45.3 Å². The van der Waals surface area contributed by atoms with Crippen LogP contribution in [0.2, 0.25) is 0 Å². The van der Waals surface area contributed by atoms with Crippen molar-refractivity contribution in [2.45, 2.75) is 64.9 Å². The zero-order valence-corrected chi connectivity index (χ0v) is 22.4. The Balaban J connectivity index is 1.53. The first-order valence-electron chi connectivity index (χ1n) is 13.4. The fourth-order valence-electron chi connectivity index (χ4n) is 5.22. The van der Waals surface area contributed by atoms with E-state index in [-0.39, 0.29) is 18.8 Å². The summed E-state index contributed by atoms with van der Waals surface area (Å²) in [6.07, 6.45) is 8.26. The topological polar surface area (TPSA) is 106 Å². The maximum Gasteiger partial charge on any atom is 0.240 e. The maximum atomic E-state index is 9.84. The number of aromatic nitrogens is 6. The van der Waals surface area contributed by atoms with Crippen molar-refractivity contribution in [1.82, 2.24) is 34.7 Å². The van der Waals surface area contributed by atoms with Crippen LogP contribution in [0, 0.1) is 0 Å². The Kier molecular flexibility index (Phi) is 6.45. The molecule has 1 aliphatic heterocycles. The Hall–Kier alpha value is -3.63. The molecule has 4 aromatic rings. The van der Waals surface area contributed by atoms with E-state index in [9.17, 15) is 5.11 Å². The van der Waals surface area contributed by atoms with Gasteiger partial charge in [0.25, 0.3) is 0 Å². The number of rotatable bonds is 5. The zero-order valence-electron chi connectivity index (χ0n) is 22.4. The van der Waals surface area contributed by atoms with Gasteiger partial charge in [-0.15, -0.1) is 5.10 Å². The lowest BCUT2D eigenvalue weighted by Gasteiger charge is -2.29. The highest BCUT2D eigenvalue weighted by molar-refractivity contribution is 5.93. The average molecular weight is 518 g/mol. The minimum absolute atomic E-state index is 0.00171. The first-order chi connectivity index (χ1) is 18.4. The molecule has 200 valence electrons. The highest BCUT2D eigenvalue weighted by Crippen LogP contribution is 2.36. The number of hydrogen-bond donors (Lipinski definition) is 2. The Morgan fingerprint density at radius 2 is 2.08 bits per heavy atom. The molecular formula is C28H35N7O3. The second-order valence-electron chi connectivity index (χ2n) is 10.5. The lowest BCUT2D eigenvalue weighted by molar-refractivity contribution is 0.123. The molecule has 3 aromatic heterocycles. The summed E-state index contributed by atoms with van der Waals surface area (Å²) in [5.74, 6) is 1.33. The predicted octanol–water partition coefficient (Wildman–Crippen LogP) is 3.86. The zero-order chi connectivity index (χ0) is 26.4. The van der Waals surface area contributed by atoms with E-state index in [0.29, 0.717) is 31.6 Å². The van der Waals surface area contributed by atoms with Crippen LogP contribution in [0.5, 0.6) is 11.8 Å². The Labute approximate surface area is 221 Å². The quantitative estimate of drug-likeness (QED) is 0.414. The molecule has 0 unspecified atom stereocenters. The van der Waals surface area contributed by atoms with Crippen molar-refractivity contribution in [3.63, 3.8) is 0 Å². The summed E-state index contributed by atoms with van der Waals surface area (Å²) in [5, 5.41) is 27.8. The molecule has 1 aliphatic carbocycles. The molecule has 6 rings (SSSR count). The van der Waals surface area contributed by atoms with Crippen molar-refractivity contribution < 1.29 is 14.6 Å². The Morgan fingerprint density at radius 1 is 1.24 bits per heavy atom. The van der Waals surface area contributed by atoms with Gasteiger partial charge in [0.15, 0.2) is 0 Å². The minimum Gasteiger partial charge on any atom is -0.476 e. The number of H-pyrrole nitrogens is 1. The SMILES string of the molecule is CC(C)Oc1nn(CCO)c2c1/C=C/c1[nH]nc3ccc(cc13)-c1cnn(C)c1OC[C@H](C)N(C1CC1)C2. The van der Waals surface area contributed by atoms with Gasteiger partial charge in [0.1, 0.15) is 6.61 Å². The van der Waals surface area contributed by atoms with Gasteiger partial charge in [-0.25, -0.2) is 4.68 Å². The van der Waals surface area contributed by atoms with Gasteiger partial charge in [-0.1, -0.05) is 6.07 Å². The lowest BCUT2D eigenvalue weighted by atomic mass is 10.1. The number of aromatic amines is 1. The summed E-state index contributed by atoms with van der Waals surface area (Å²) in [6, 6.07) is 6.84. The summed E-state index contributed by atoms with van der Waals surface area (Å²) in [7, 11) is 1.91. The van der Waals surface area contributed by atoms with Crippen LogP contribution < -0.4 is 9.47 Å². The van der Waals surface area contributed by atoms with Gasteiger partial charge >= 0.3 is 0 Å². The summed E-state index contributed by atoms with van der Waals surface area (Å²) in [4.78, 5) is 2.49. The minimum atomic E-state index is -0.0314. The van der Waals surface area contributed by atoms with Crippen LogP contribution in [0.4, 0.5) is 0 Å². The van der Waals surface area contributed by atoms with Gasteiger partial charge in [0, 0.05) is 31.1 Å². The third-order valence-electron chi connectivity index (χ3n) is 7.29. The molecule has 1 saturated carbocycles. The molecule has 2 bridgehead atoms. The molecule has 0 saturated heterocycles. The van der Waals surface area contributed by atoms with Crippen LogP contribution in [-0.4, -0.2) is 71.2 Å². The number of aliphatic hydroxyl groups excluding tert-OH is 1. The normalized spacial score (nSPS) is 19.2. The predicted molar refractivity (Wildman–Crippen MR) is 146 cm³/mol. The average Bonchev–Trinajstić information content (AvgIpc) is 3.44. The van der Waals surface area contributed by atoms with Gasteiger partial charge in [0.05, 0.1) is 53.5 Å². The molecule has 0 radical (unpaired) electrons. The highest BCUT2D eigenvalue weighted by Gasteiger charge is 2.34. The number of aliphatic hydroxyl groups is 1. The third-order valence-corrected chi connectivity index (χ3v) is 7.29.